The summed E-state index contributed by atoms with van der Waals surface area (Å²) in [6.45, 7) is 3.70. The predicted octanol–water partition coefficient (Wildman–Crippen LogP) is 2.18. The van der Waals surface area contributed by atoms with E-state index in [-0.39, 0.29) is 11.7 Å². The van der Waals surface area contributed by atoms with Crippen molar-refractivity contribution in [2.75, 3.05) is 13.1 Å². The van der Waals surface area contributed by atoms with Crippen LogP contribution in [0.1, 0.15) is 30.4 Å². The Labute approximate surface area is 113 Å². The Balaban J connectivity index is 2.11. The van der Waals surface area contributed by atoms with Crippen LogP contribution in [0.5, 0.6) is 0 Å². The summed E-state index contributed by atoms with van der Waals surface area (Å²) < 4.78 is 12.9. The molecule has 0 amide bonds. The number of nitrogens with zero attached hydrogens (tertiary/aromatic N) is 1. The zero-order chi connectivity index (χ0) is 14.1. The molecular weight excluding hydrogens is 245 g/mol. The van der Waals surface area contributed by atoms with Gasteiger partial charge >= 0.3 is 0 Å². The highest BCUT2D eigenvalue weighted by molar-refractivity contribution is 5.79. The number of hydrogen-bond acceptors (Lipinski definition) is 3. The molecule has 0 radical (unpaired) electrons. The number of unbranched alkanes of at least 4 members (excludes halogenated alkanes) is 1. The molecule has 1 rings (SSSR count). The number of halogens is 1. The molecule has 0 aromatic heterocycles. The normalized spacial score (nSPS) is 11.8. The molecule has 1 aromatic carbocycles. The standard InChI is InChI=1S/C14H22FN3O/c1-11-10-13(15)6-5-12(11)7-9-17-8-3-2-4-14(16)18-19/h5-6,10,17,19H,2-4,7-9H2,1H3,(H2,16,18). The fourth-order valence-corrected chi connectivity index (χ4v) is 1.89. The molecule has 106 valence electrons. The lowest BCUT2D eigenvalue weighted by Gasteiger charge is -2.07. The molecule has 0 atom stereocenters. The molecule has 0 spiro atoms. The van der Waals surface area contributed by atoms with Crippen LogP contribution in [0.15, 0.2) is 23.4 Å². The van der Waals surface area contributed by atoms with E-state index in [1.807, 2.05) is 13.0 Å². The molecule has 0 heterocycles. The Morgan fingerprint density at radius 3 is 2.84 bits per heavy atom. The molecule has 0 unspecified atom stereocenters. The molecule has 0 saturated heterocycles. The van der Waals surface area contributed by atoms with Gasteiger partial charge in [-0.2, -0.15) is 0 Å². The third-order valence-corrected chi connectivity index (χ3v) is 3.04. The van der Waals surface area contributed by atoms with Crippen molar-refractivity contribution in [1.82, 2.24) is 5.32 Å². The monoisotopic (exact) mass is 267 g/mol. The largest absolute Gasteiger partial charge is 0.409 e. The van der Waals surface area contributed by atoms with Crippen LogP contribution in [0.3, 0.4) is 0 Å². The first-order valence-electron chi connectivity index (χ1n) is 6.55. The maximum atomic E-state index is 12.9. The van der Waals surface area contributed by atoms with Crippen molar-refractivity contribution in [3.05, 3.63) is 35.1 Å². The summed E-state index contributed by atoms with van der Waals surface area (Å²) in [4.78, 5) is 0. The molecular formula is C14H22FN3O. The van der Waals surface area contributed by atoms with Crippen molar-refractivity contribution >= 4 is 5.84 Å². The number of nitrogens with two attached hydrogens (primary N) is 1. The fraction of sp³-hybridized carbons (Fsp3) is 0.500. The van der Waals surface area contributed by atoms with E-state index in [0.29, 0.717) is 6.42 Å². The van der Waals surface area contributed by atoms with Crippen LogP contribution in [0, 0.1) is 12.7 Å². The number of benzene rings is 1. The molecule has 0 bridgehead atoms. The van der Waals surface area contributed by atoms with Gasteiger partial charge in [0, 0.05) is 6.42 Å². The van der Waals surface area contributed by atoms with Crippen molar-refractivity contribution in [2.24, 2.45) is 10.9 Å². The summed E-state index contributed by atoms with van der Waals surface area (Å²) in [5, 5.41) is 14.6. The third kappa shape index (κ3) is 6.20. The molecule has 0 fully saturated rings. The van der Waals surface area contributed by atoms with Crippen molar-refractivity contribution in [3.8, 4) is 0 Å². The van der Waals surface area contributed by atoms with Crippen LogP contribution in [0.4, 0.5) is 4.39 Å². The maximum Gasteiger partial charge on any atom is 0.139 e. The molecule has 0 saturated carbocycles. The van der Waals surface area contributed by atoms with Crippen LogP contribution in [-0.2, 0) is 6.42 Å². The van der Waals surface area contributed by atoms with E-state index < -0.39 is 0 Å². The first-order valence-corrected chi connectivity index (χ1v) is 6.55. The highest BCUT2D eigenvalue weighted by Crippen LogP contribution is 2.10. The van der Waals surface area contributed by atoms with E-state index in [1.165, 1.54) is 11.6 Å². The molecule has 1 aromatic rings. The Hall–Kier alpha value is -1.62. The lowest BCUT2D eigenvalue weighted by atomic mass is 10.1. The van der Waals surface area contributed by atoms with E-state index in [1.54, 1.807) is 6.07 Å². The van der Waals surface area contributed by atoms with Gasteiger partial charge in [0.05, 0.1) is 0 Å². The van der Waals surface area contributed by atoms with Crippen molar-refractivity contribution < 1.29 is 9.60 Å². The predicted molar refractivity (Wildman–Crippen MR) is 75.0 cm³/mol. The maximum absolute atomic E-state index is 12.9. The van der Waals surface area contributed by atoms with Crippen LogP contribution >= 0.6 is 0 Å². The number of amidine groups is 1. The number of hydrogen-bond donors (Lipinski definition) is 3. The molecule has 0 aliphatic heterocycles. The second-order valence-electron chi connectivity index (χ2n) is 4.62. The minimum Gasteiger partial charge on any atom is -0.409 e. The third-order valence-electron chi connectivity index (χ3n) is 3.04. The summed E-state index contributed by atoms with van der Waals surface area (Å²) in [6, 6.07) is 4.90. The van der Waals surface area contributed by atoms with Gasteiger partial charge in [-0.3, -0.25) is 0 Å². The van der Waals surface area contributed by atoms with E-state index in [4.69, 9.17) is 10.9 Å². The lowest BCUT2D eigenvalue weighted by Crippen LogP contribution is -2.19. The van der Waals surface area contributed by atoms with Gasteiger partial charge in [0.15, 0.2) is 0 Å². The van der Waals surface area contributed by atoms with Gasteiger partial charge in [-0.25, -0.2) is 4.39 Å². The minimum atomic E-state index is -0.183. The Kier molecular flexibility index (Phi) is 6.89. The van der Waals surface area contributed by atoms with Gasteiger partial charge in [-0.1, -0.05) is 11.2 Å². The quantitative estimate of drug-likeness (QED) is 0.222. The van der Waals surface area contributed by atoms with E-state index in [2.05, 4.69) is 10.5 Å². The molecule has 0 aliphatic rings. The second kappa shape index (κ2) is 8.48. The van der Waals surface area contributed by atoms with Crippen molar-refractivity contribution in [3.63, 3.8) is 0 Å². The van der Waals surface area contributed by atoms with E-state index in [9.17, 15) is 4.39 Å². The zero-order valence-corrected chi connectivity index (χ0v) is 11.3. The summed E-state index contributed by atoms with van der Waals surface area (Å²) in [5.74, 6) is 0.0966. The SMILES string of the molecule is Cc1cc(F)ccc1CCNCCCCC(N)=NO. The van der Waals surface area contributed by atoms with Gasteiger partial charge in [0.1, 0.15) is 11.7 Å². The molecule has 5 heteroatoms. The second-order valence-corrected chi connectivity index (χ2v) is 4.62. The number of oxime groups is 1. The van der Waals surface area contributed by atoms with Crippen LogP contribution < -0.4 is 11.1 Å². The molecule has 4 N–H and O–H groups in total. The van der Waals surface area contributed by atoms with Crippen LogP contribution in [-0.4, -0.2) is 24.1 Å². The highest BCUT2D eigenvalue weighted by Gasteiger charge is 2.00. The van der Waals surface area contributed by atoms with Gasteiger partial charge in [-0.15, -0.1) is 0 Å². The van der Waals surface area contributed by atoms with Crippen molar-refractivity contribution in [1.29, 1.82) is 0 Å². The first-order chi connectivity index (χ1) is 9.13. The van der Waals surface area contributed by atoms with Gasteiger partial charge < -0.3 is 16.3 Å². The Morgan fingerprint density at radius 2 is 2.16 bits per heavy atom. The van der Waals surface area contributed by atoms with Gasteiger partial charge in [0.25, 0.3) is 0 Å². The number of rotatable bonds is 8. The zero-order valence-electron chi connectivity index (χ0n) is 11.3. The lowest BCUT2D eigenvalue weighted by molar-refractivity contribution is 0.316. The van der Waals surface area contributed by atoms with Gasteiger partial charge in [-0.05, 0) is 62.5 Å². The van der Waals surface area contributed by atoms with Crippen molar-refractivity contribution in [2.45, 2.75) is 32.6 Å². The van der Waals surface area contributed by atoms with E-state index >= 15 is 0 Å². The first kappa shape index (κ1) is 15.4. The highest BCUT2D eigenvalue weighted by atomic mass is 19.1. The summed E-state index contributed by atoms with van der Waals surface area (Å²) in [5.41, 5.74) is 7.53. The van der Waals surface area contributed by atoms with Crippen LogP contribution in [0.2, 0.25) is 0 Å². The topological polar surface area (TPSA) is 70.6 Å². The number of nitrogens with one attached hydrogen (secondary N) is 1. The van der Waals surface area contributed by atoms with Crippen LogP contribution in [0.25, 0.3) is 0 Å². The molecule has 4 nitrogen and oxygen atoms in total. The average molecular weight is 267 g/mol. The summed E-state index contributed by atoms with van der Waals surface area (Å²) in [7, 11) is 0. The fourth-order valence-electron chi connectivity index (χ4n) is 1.89. The Morgan fingerprint density at radius 1 is 1.37 bits per heavy atom. The summed E-state index contributed by atoms with van der Waals surface area (Å²) >= 11 is 0. The van der Waals surface area contributed by atoms with E-state index in [0.717, 1.165) is 37.9 Å². The number of aryl methyl sites for hydroxylation is 1. The summed E-state index contributed by atoms with van der Waals surface area (Å²) in [6.07, 6.45) is 3.40. The average Bonchev–Trinajstić information content (AvgIpc) is 2.39. The smallest absolute Gasteiger partial charge is 0.139 e. The molecule has 0 aliphatic carbocycles. The molecule has 19 heavy (non-hydrogen) atoms. The van der Waals surface area contributed by atoms with Gasteiger partial charge in [0.2, 0.25) is 0 Å². The minimum absolute atomic E-state index is 0.183. The Bertz CT molecular complexity index is 421.